The normalized spacial score (nSPS) is 35.3. The van der Waals surface area contributed by atoms with Crippen LogP contribution in [0.3, 0.4) is 0 Å². The van der Waals surface area contributed by atoms with E-state index < -0.39 is 0 Å². The van der Waals surface area contributed by atoms with Gasteiger partial charge in [0, 0.05) is 19.0 Å². The second-order valence-corrected chi connectivity index (χ2v) is 4.93. The van der Waals surface area contributed by atoms with Gasteiger partial charge in [-0.2, -0.15) is 5.26 Å². The van der Waals surface area contributed by atoms with Crippen molar-refractivity contribution in [3.8, 4) is 6.07 Å². The van der Waals surface area contributed by atoms with Gasteiger partial charge in [0.1, 0.15) is 0 Å². The minimum Gasteiger partial charge on any atom is -0.316 e. The quantitative estimate of drug-likeness (QED) is 0.705. The van der Waals surface area contributed by atoms with Crippen molar-refractivity contribution in [3.05, 3.63) is 0 Å². The van der Waals surface area contributed by atoms with Crippen LogP contribution in [0.2, 0.25) is 0 Å². The molecule has 15 heavy (non-hydrogen) atoms. The highest BCUT2D eigenvalue weighted by Crippen LogP contribution is 2.32. The third-order valence-electron chi connectivity index (χ3n) is 4.04. The molecule has 0 spiro atoms. The van der Waals surface area contributed by atoms with E-state index in [2.05, 4.69) is 23.2 Å². The Morgan fingerprint density at radius 1 is 1.40 bits per heavy atom. The first-order valence-electron chi connectivity index (χ1n) is 6.14. The topological polar surface area (TPSA) is 39.1 Å². The molecule has 3 unspecified atom stereocenters. The lowest BCUT2D eigenvalue weighted by Crippen LogP contribution is -2.33. The Balaban J connectivity index is 1.73. The summed E-state index contributed by atoms with van der Waals surface area (Å²) in [5.74, 6) is 1.76. The van der Waals surface area contributed by atoms with Crippen LogP contribution in [0.15, 0.2) is 0 Å². The maximum absolute atomic E-state index is 8.47. The zero-order chi connectivity index (χ0) is 10.7. The van der Waals surface area contributed by atoms with E-state index in [0.29, 0.717) is 0 Å². The molecule has 2 fully saturated rings. The van der Waals surface area contributed by atoms with Crippen molar-refractivity contribution in [2.45, 2.75) is 32.2 Å². The zero-order valence-electron chi connectivity index (χ0n) is 9.58. The van der Waals surface area contributed by atoms with Crippen LogP contribution in [-0.2, 0) is 0 Å². The van der Waals surface area contributed by atoms with Crippen molar-refractivity contribution in [1.82, 2.24) is 10.2 Å². The highest BCUT2D eigenvalue weighted by Gasteiger charge is 2.41. The number of nitrogens with zero attached hydrogens (tertiary/aromatic N) is 2. The Morgan fingerprint density at radius 2 is 2.27 bits per heavy atom. The summed E-state index contributed by atoms with van der Waals surface area (Å²) in [6.07, 6.45) is 2.97. The van der Waals surface area contributed by atoms with Crippen molar-refractivity contribution in [1.29, 1.82) is 5.26 Å². The molecule has 3 heteroatoms. The lowest BCUT2D eigenvalue weighted by Gasteiger charge is -2.23. The number of likely N-dealkylation sites (tertiary alicyclic amines) is 1. The molecule has 2 aliphatic heterocycles. The van der Waals surface area contributed by atoms with Crippen LogP contribution < -0.4 is 5.32 Å². The van der Waals surface area contributed by atoms with Gasteiger partial charge in [0.25, 0.3) is 0 Å². The molecule has 2 heterocycles. The Labute approximate surface area is 92.4 Å². The molecule has 3 nitrogen and oxygen atoms in total. The fourth-order valence-electron chi connectivity index (χ4n) is 3.07. The molecule has 84 valence electrons. The SMILES string of the molecule is CC1C2CNCC2CN1CCCCC#N. The van der Waals surface area contributed by atoms with E-state index in [4.69, 9.17) is 5.26 Å². The molecule has 0 bridgehead atoms. The molecule has 1 N–H and O–H groups in total. The lowest BCUT2D eigenvalue weighted by atomic mass is 9.95. The van der Waals surface area contributed by atoms with Crippen molar-refractivity contribution >= 4 is 0 Å². The second kappa shape index (κ2) is 4.96. The average Bonchev–Trinajstić information content (AvgIpc) is 2.78. The Bertz CT molecular complexity index is 246. The van der Waals surface area contributed by atoms with Crippen LogP contribution in [-0.4, -0.2) is 37.1 Å². The first-order chi connectivity index (χ1) is 7.33. The van der Waals surface area contributed by atoms with Crippen molar-refractivity contribution in [2.24, 2.45) is 11.8 Å². The molecule has 0 amide bonds. The van der Waals surface area contributed by atoms with Gasteiger partial charge in [-0.3, -0.25) is 4.90 Å². The van der Waals surface area contributed by atoms with Crippen molar-refractivity contribution in [3.63, 3.8) is 0 Å². The number of rotatable bonds is 4. The number of nitrogens with one attached hydrogen (secondary N) is 1. The molecule has 0 saturated carbocycles. The molecule has 2 aliphatic rings. The van der Waals surface area contributed by atoms with E-state index in [-0.39, 0.29) is 0 Å². The number of nitriles is 1. The predicted octanol–water partition coefficient (Wildman–Crippen LogP) is 1.22. The lowest BCUT2D eigenvalue weighted by molar-refractivity contribution is 0.235. The summed E-state index contributed by atoms with van der Waals surface area (Å²) in [5.41, 5.74) is 0. The summed E-state index contributed by atoms with van der Waals surface area (Å²) in [6, 6.07) is 2.96. The van der Waals surface area contributed by atoms with E-state index in [1.807, 2.05) is 0 Å². The number of hydrogen-bond acceptors (Lipinski definition) is 3. The molecule has 0 aromatic heterocycles. The van der Waals surface area contributed by atoms with Crippen LogP contribution in [0.5, 0.6) is 0 Å². The van der Waals surface area contributed by atoms with Gasteiger partial charge in [-0.05, 0) is 51.2 Å². The maximum Gasteiger partial charge on any atom is 0.0621 e. The van der Waals surface area contributed by atoms with E-state index in [9.17, 15) is 0 Å². The number of unbranched alkanes of at least 4 members (excludes halogenated alkanes) is 2. The standard InChI is InChI=1S/C12H21N3/c1-10-12-8-14-7-11(12)9-15(10)6-4-2-3-5-13/h10-12,14H,2-4,6-9H2,1H3. The Morgan fingerprint density at radius 3 is 3.00 bits per heavy atom. The highest BCUT2D eigenvalue weighted by atomic mass is 15.2. The summed E-state index contributed by atoms with van der Waals surface area (Å²) in [4.78, 5) is 2.62. The van der Waals surface area contributed by atoms with Gasteiger partial charge in [-0.1, -0.05) is 0 Å². The van der Waals surface area contributed by atoms with Crippen LogP contribution in [0.1, 0.15) is 26.2 Å². The van der Waals surface area contributed by atoms with Gasteiger partial charge < -0.3 is 5.32 Å². The molecule has 0 aromatic carbocycles. The van der Waals surface area contributed by atoms with Crippen LogP contribution in [0, 0.1) is 23.2 Å². The largest absolute Gasteiger partial charge is 0.316 e. The first-order valence-corrected chi connectivity index (χ1v) is 6.14. The molecule has 0 aromatic rings. The Hall–Kier alpha value is -0.590. The molecule has 0 radical (unpaired) electrons. The summed E-state index contributed by atoms with van der Waals surface area (Å²) in [5, 5.41) is 12.0. The van der Waals surface area contributed by atoms with E-state index >= 15 is 0 Å². The highest BCUT2D eigenvalue weighted by molar-refractivity contribution is 4.96. The van der Waals surface area contributed by atoms with E-state index in [1.165, 1.54) is 32.6 Å². The van der Waals surface area contributed by atoms with Gasteiger partial charge in [0.05, 0.1) is 6.07 Å². The second-order valence-electron chi connectivity index (χ2n) is 4.93. The predicted molar refractivity (Wildman–Crippen MR) is 60.3 cm³/mol. The monoisotopic (exact) mass is 207 g/mol. The van der Waals surface area contributed by atoms with Crippen molar-refractivity contribution in [2.75, 3.05) is 26.2 Å². The first kappa shape index (κ1) is 10.9. The summed E-state index contributed by atoms with van der Waals surface area (Å²) in [6.45, 7) is 7.24. The van der Waals surface area contributed by atoms with Crippen molar-refractivity contribution < 1.29 is 0 Å². The van der Waals surface area contributed by atoms with E-state index in [1.54, 1.807) is 0 Å². The third-order valence-corrected chi connectivity index (χ3v) is 4.04. The van der Waals surface area contributed by atoms with Gasteiger partial charge in [-0.15, -0.1) is 0 Å². The molecular weight excluding hydrogens is 186 g/mol. The third kappa shape index (κ3) is 2.32. The molecule has 2 rings (SSSR count). The smallest absolute Gasteiger partial charge is 0.0621 e. The summed E-state index contributed by atoms with van der Waals surface area (Å²) >= 11 is 0. The van der Waals surface area contributed by atoms with Gasteiger partial charge in [0.15, 0.2) is 0 Å². The van der Waals surface area contributed by atoms with Crippen LogP contribution in [0.4, 0.5) is 0 Å². The summed E-state index contributed by atoms with van der Waals surface area (Å²) < 4.78 is 0. The van der Waals surface area contributed by atoms with Gasteiger partial charge in [0.2, 0.25) is 0 Å². The molecular formula is C12H21N3. The molecule has 2 saturated heterocycles. The van der Waals surface area contributed by atoms with E-state index in [0.717, 1.165) is 30.7 Å². The van der Waals surface area contributed by atoms with Gasteiger partial charge in [-0.25, -0.2) is 0 Å². The van der Waals surface area contributed by atoms with Crippen LogP contribution >= 0.6 is 0 Å². The fourth-order valence-corrected chi connectivity index (χ4v) is 3.07. The molecule has 3 atom stereocenters. The fraction of sp³-hybridized carbons (Fsp3) is 0.917. The maximum atomic E-state index is 8.47. The van der Waals surface area contributed by atoms with Crippen LogP contribution in [0.25, 0.3) is 0 Å². The number of fused-ring (bicyclic) bond motifs is 1. The average molecular weight is 207 g/mol. The van der Waals surface area contributed by atoms with Gasteiger partial charge >= 0.3 is 0 Å². The number of hydrogen-bond donors (Lipinski definition) is 1. The minimum absolute atomic E-state index is 0.719. The summed E-state index contributed by atoms with van der Waals surface area (Å²) in [7, 11) is 0. The Kier molecular flexibility index (Phi) is 3.61. The zero-order valence-corrected chi connectivity index (χ0v) is 9.58. The molecule has 0 aliphatic carbocycles. The minimum atomic E-state index is 0.719.